The van der Waals surface area contributed by atoms with Crippen molar-refractivity contribution >= 4 is 35.0 Å². The van der Waals surface area contributed by atoms with Crippen molar-refractivity contribution in [1.82, 2.24) is 16.2 Å². The highest BCUT2D eigenvalue weighted by Crippen LogP contribution is 2.14. The average molecular weight is 375 g/mol. The first-order valence-electron chi connectivity index (χ1n) is 7.78. The van der Waals surface area contributed by atoms with Crippen LogP contribution >= 0.6 is 11.6 Å². The second kappa shape index (κ2) is 8.87. The molecule has 3 amide bonds. The molecule has 0 radical (unpaired) electrons. The van der Waals surface area contributed by atoms with Crippen LogP contribution in [0.15, 0.2) is 48.5 Å². The molecule has 7 nitrogen and oxygen atoms in total. The molecule has 0 saturated heterocycles. The van der Waals surface area contributed by atoms with Gasteiger partial charge < -0.3 is 10.2 Å². The molecular formula is C18H19ClN4O3. The van der Waals surface area contributed by atoms with Gasteiger partial charge in [-0.3, -0.25) is 25.2 Å². The van der Waals surface area contributed by atoms with E-state index in [0.717, 1.165) is 5.69 Å². The van der Waals surface area contributed by atoms with Crippen LogP contribution in [-0.4, -0.2) is 38.4 Å². The number of benzene rings is 2. The van der Waals surface area contributed by atoms with E-state index in [2.05, 4.69) is 16.2 Å². The molecular weight excluding hydrogens is 356 g/mol. The Hall–Kier alpha value is -3.06. The van der Waals surface area contributed by atoms with Crippen molar-refractivity contribution in [3.63, 3.8) is 0 Å². The van der Waals surface area contributed by atoms with Crippen LogP contribution in [0.2, 0.25) is 5.02 Å². The van der Waals surface area contributed by atoms with E-state index in [0.29, 0.717) is 10.6 Å². The number of hydrazine groups is 1. The molecule has 2 aromatic carbocycles. The highest BCUT2D eigenvalue weighted by Gasteiger charge is 2.12. The van der Waals surface area contributed by atoms with E-state index in [1.165, 1.54) is 0 Å². The number of nitrogens with one attached hydrogen (secondary N) is 3. The highest BCUT2D eigenvalue weighted by molar-refractivity contribution is 6.33. The number of halogens is 1. The summed E-state index contributed by atoms with van der Waals surface area (Å²) in [4.78, 5) is 37.7. The lowest BCUT2D eigenvalue weighted by molar-refractivity contribution is -0.120. The van der Waals surface area contributed by atoms with Crippen LogP contribution in [0.25, 0.3) is 0 Å². The lowest BCUT2D eigenvalue weighted by Crippen LogP contribution is -2.46. The number of rotatable bonds is 5. The van der Waals surface area contributed by atoms with E-state index in [-0.39, 0.29) is 12.1 Å². The molecule has 0 aromatic heterocycles. The Morgan fingerprint density at radius 1 is 0.962 bits per heavy atom. The molecule has 0 saturated carbocycles. The van der Waals surface area contributed by atoms with Crippen molar-refractivity contribution in [1.29, 1.82) is 0 Å². The number of anilines is 1. The Morgan fingerprint density at radius 3 is 2.38 bits per heavy atom. The minimum Gasteiger partial charge on any atom is -0.378 e. The Morgan fingerprint density at radius 2 is 1.69 bits per heavy atom. The Kier molecular flexibility index (Phi) is 6.57. The van der Waals surface area contributed by atoms with Crippen LogP contribution in [0.3, 0.4) is 0 Å². The van der Waals surface area contributed by atoms with Gasteiger partial charge in [-0.2, -0.15) is 0 Å². The summed E-state index contributed by atoms with van der Waals surface area (Å²) in [7, 11) is 3.72. The molecule has 3 N–H and O–H groups in total. The first-order valence-corrected chi connectivity index (χ1v) is 8.15. The van der Waals surface area contributed by atoms with Crippen LogP contribution in [-0.2, 0) is 4.79 Å². The fourth-order valence-corrected chi connectivity index (χ4v) is 2.29. The van der Waals surface area contributed by atoms with Crippen LogP contribution in [0.4, 0.5) is 5.69 Å². The lowest BCUT2D eigenvalue weighted by atomic mass is 10.2. The number of nitrogens with zero attached hydrogens (tertiary/aromatic N) is 1. The zero-order chi connectivity index (χ0) is 19.1. The smallest absolute Gasteiger partial charge is 0.269 e. The van der Waals surface area contributed by atoms with E-state index >= 15 is 0 Å². The van der Waals surface area contributed by atoms with Crippen LogP contribution in [0.5, 0.6) is 0 Å². The Labute approximate surface area is 156 Å². The maximum atomic E-state index is 12.1. The van der Waals surface area contributed by atoms with E-state index < -0.39 is 17.7 Å². The van der Waals surface area contributed by atoms with Gasteiger partial charge in [0.15, 0.2) is 0 Å². The third-order valence-electron chi connectivity index (χ3n) is 3.47. The van der Waals surface area contributed by atoms with Crippen LogP contribution in [0, 0.1) is 0 Å². The zero-order valence-corrected chi connectivity index (χ0v) is 15.1. The van der Waals surface area contributed by atoms with Crippen LogP contribution < -0.4 is 21.1 Å². The van der Waals surface area contributed by atoms with Crippen molar-refractivity contribution < 1.29 is 14.4 Å². The first-order chi connectivity index (χ1) is 12.4. The third kappa shape index (κ3) is 5.22. The van der Waals surface area contributed by atoms with Gasteiger partial charge >= 0.3 is 0 Å². The summed E-state index contributed by atoms with van der Waals surface area (Å²) in [5.74, 6) is -1.50. The van der Waals surface area contributed by atoms with Crippen molar-refractivity contribution in [3.05, 3.63) is 64.7 Å². The maximum absolute atomic E-state index is 12.1. The molecule has 0 atom stereocenters. The molecule has 0 unspecified atom stereocenters. The maximum Gasteiger partial charge on any atom is 0.269 e. The topological polar surface area (TPSA) is 90.5 Å². The van der Waals surface area contributed by atoms with E-state index in [4.69, 9.17) is 11.6 Å². The number of carbonyl (C=O) groups is 3. The standard InChI is InChI=1S/C18H19ClN4O3/c1-23(2)13-7-5-6-12(10-13)17(25)22-21-16(24)11-20-18(26)14-8-3-4-9-15(14)19/h3-10H,11H2,1-2H3,(H,20,26)(H,21,24)(H,22,25). The summed E-state index contributed by atoms with van der Waals surface area (Å²) >= 11 is 5.92. The first kappa shape index (κ1) is 19.3. The van der Waals surface area contributed by atoms with Crippen molar-refractivity contribution in [2.45, 2.75) is 0 Å². The van der Waals surface area contributed by atoms with Crippen molar-refractivity contribution in [3.8, 4) is 0 Å². The third-order valence-corrected chi connectivity index (χ3v) is 3.80. The summed E-state index contributed by atoms with van der Waals surface area (Å²) in [6.45, 7) is -0.303. The summed E-state index contributed by atoms with van der Waals surface area (Å²) in [6.07, 6.45) is 0. The second-order valence-corrected chi connectivity index (χ2v) is 6.02. The van der Waals surface area contributed by atoms with Gasteiger partial charge in [-0.05, 0) is 30.3 Å². The van der Waals surface area contributed by atoms with Gasteiger partial charge in [0, 0.05) is 25.3 Å². The minimum absolute atomic E-state index is 0.270. The predicted molar refractivity (Wildman–Crippen MR) is 100 cm³/mol. The Bertz CT molecular complexity index is 824. The normalized spacial score (nSPS) is 9.96. The summed E-state index contributed by atoms with van der Waals surface area (Å²) in [6, 6.07) is 13.4. The highest BCUT2D eigenvalue weighted by atomic mass is 35.5. The van der Waals surface area contributed by atoms with E-state index in [9.17, 15) is 14.4 Å². The average Bonchev–Trinajstić information content (AvgIpc) is 2.64. The molecule has 8 heteroatoms. The van der Waals surface area contributed by atoms with Gasteiger partial charge in [-0.25, -0.2) is 0 Å². The Balaban J connectivity index is 1.83. The van der Waals surface area contributed by atoms with Crippen molar-refractivity contribution in [2.75, 3.05) is 25.5 Å². The lowest BCUT2D eigenvalue weighted by Gasteiger charge is -2.14. The predicted octanol–water partition coefficient (Wildman–Crippen LogP) is 1.60. The zero-order valence-electron chi connectivity index (χ0n) is 14.4. The molecule has 0 spiro atoms. The largest absolute Gasteiger partial charge is 0.378 e. The summed E-state index contributed by atoms with van der Waals surface area (Å²) in [5.41, 5.74) is 6.08. The van der Waals surface area contributed by atoms with Crippen molar-refractivity contribution in [2.24, 2.45) is 0 Å². The summed E-state index contributed by atoms with van der Waals surface area (Å²) < 4.78 is 0. The molecule has 2 aromatic rings. The SMILES string of the molecule is CN(C)c1cccc(C(=O)NNC(=O)CNC(=O)c2ccccc2Cl)c1. The molecule has 136 valence electrons. The second-order valence-electron chi connectivity index (χ2n) is 5.61. The molecule has 0 bridgehead atoms. The number of hydrogen-bond donors (Lipinski definition) is 3. The van der Waals surface area contributed by atoms with Gasteiger partial charge in [0.1, 0.15) is 0 Å². The van der Waals surface area contributed by atoms with Gasteiger partial charge in [-0.1, -0.05) is 29.8 Å². The summed E-state index contributed by atoms with van der Waals surface area (Å²) in [5, 5.41) is 2.72. The molecule has 2 rings (SSSR count). The quantitative estimate of drug-likeness (QED) is 0.693. The van der Waals surface area contributed by atoms with Gasteiger partial charge in [0.05, 0.1) is 17.1 Å². The van der Waals surface area contributed by atoms with E-state index in [1.807, 2.05) is 25.1 Å². The monoisotopic (exact) mass is 374 g/mol. The number of amides is 3. The molecule has 0 aliphatic heterocycles. The van der Waals surface area contributed by atoms with Gasteiger partial charge in [0.2, 0.25) is 0 Å². The molecule has 0 aliphatic rings. The minimum atomic E-state index is -0.567. The number of hydrogen-bond acceptors (Lipinski definition) is 4. The fraction of sp³-hybridized carbons (Fsp3) is 0.167. The van der Waals surface area contributed by atoms with Crippen LogP contribution in [0.1, 0.15) is 20.7 Å². The van der Waals surface area contributed by atoms with E-state index in [1.54, 1.807) is 42.5 Å². The molecule has 0 heterocycles. The number of carbonyl (C=O) groups excluding carboxylic acids is 3. The molecule has 0 fully saturated rings. The molecule has 26 heavy (non-hydrogen) atoms. The molecule has 0 aliphatic carbocycles. The fourth-order valence-electron chi connectivity index (χ4n) is 2.07. The van der Waals surface area contributed by atoms with Gasteiger partial charge in [-0.15, -0.1) is 0 Å². The van der Waals surface area contributed by atoms with Gasteiger partial charge in [0.25, 0.3) is 17.7 Å².